The zero-order chi connectivity index (χ0) is 11.4. The van der Waals surface area contributed by atoms with Gasteiger partial charge in [-0.2, -0.15) is 0 Å². The van der Waals surface area contributed by atoms with Crippen molar-refractivity contribution in [1.82, 2.24) is 9.80 Å². The van der Waals surface area contributed by atoms with Crippen LogP contribution >= 0.6 is 0 Å². The van der Waals surface area contributed by atoms with Gasteiger partial charge >= 0.3 is 0 Å². The quantitative estimate of drug-likeness (QED) is 0.756. The lowest BCUT2D eigenvalue weighted by Crippen LogP contribution is -2.42. The Hall–Kier alpha value is -0.120. The van der Waals surface area contributed by atoms with Crippen LogP contribution in [-0.4, -0.2) is 60.8 Å². The lowest BCUT2D eigenvalue weighted by atomic mass is 10.1. The van der Waals surface area contributed by atoms with E-state index in [-0.39, 0.29) is 6.61 Å². The molecule has 3 nitrogen and oxygen atoms in total. The van der Waals surface area contributed by atoms with Crippen LogP contribution in [0.5, 0.6) is 0 Å². The van der Waals surface area contributed by atoms with Gasteiger partial charge in [-0.05, 0) is 18.9 Å². The van der Waals surface area contributed by atoms with Crippen molar-refractivity contribution < 1.29 is 5.11 Å². The standard InChI is InChI=1S/C12H26N2O/c1-10(2)5-14-7-11(3)6-13(4)12(8-14)9-15/h10-12,15H,5-9H2,1-4H3. The van der Waals surface area contributed by atoms with Crippen molar-refractivity contribution in [2.75, 3.05) is 39.8 Å². The normalized spacial score (nSPS) is 30.8. The number of aliphatic hydroxyl groups excluding tert-OH is 1. The molecule has 1 aliphatic heterocycles. The SMILES string of the molecule is CC(C)CN1CC(C)CN(C)C(CO)C1. The van der Waals surface area contributed by atoms with E-state index in [4.69, 9.17) is 0 Å². The Labute approximate surface area is 94.1 Å². The summed E-state index contributed by atoms with van der Waals surface area (Å²) >= 11 is 0. The first-order valence-corrected chi connectivity index (χ1v) is 6.06. The summed E-state index contributed by atoms with van der Waals surface area (Å²) in [5.74, 6) is 1.41. The predicted octanol–water partition coefficient (Wildman–Crippen LogP) is 0.887. The van der Waals surface area contributed by atoms with Crippen molar-refractivity contribution in [3.63, 3.8) is 0 Å². The maximum atomic E-state index is 9.36. The highest BCUT2D eigenvalue weighted by atomic mass is 16.3. The van der Waals surface area contributed by atoms with Crippen molar-refractivity contribution in [1.29, 1.82) is 0 Å². The molecular formula is C12H26N2O. The first kappa shape index (κ1) is 12.9. The van der Waals surface area contributed by atoms with Crippen LogP contribution in [0, 0.1) is 11.8 Å². The van der Waals surface area contributed by atoms with Crippen LogP contribution in [0.3, 0.4) is 0 Å². The largest absolute Gasteiger partial charge is 0.395 e. The van der Waals surface area contributed by atoms with Crippen LogP contribution in [-0.2, 0) is 0 Å². The van der Waals surface area contributed by atoms with Gasteiger partial charge in [0.05, 0.1) is 6.61 Å². The summed E-state index contributed by atoms with van der Waals surface area (Å²) in [5.41, 5.74) is 0. The topological polar surface area (TPSA) is 26.7 Å². The minimum absolute atomic E-state index is 0.276. The molecule has 0 aromatic rings. The van der Waals surface area contributed by atoms with Crippen LogP contribution in [0.1, 0.15) is 20.8 Å². The molecule has 1 rings (SSSR count). The Balaban J connectivity index is 2.57. The fraction of sp³-hybridized carbons (Fsp3) is 1.00. The van der Waals surface area contributed by atoms with Gasteiger partial charge in [0.25, 0.3) is 0 Å². The van der Waals surface area contributed by atoms with Crippen molar-refractivity contribution in [2.24, 2.45) is 11.8 Å². The summed E-state index contributed by atoms with van der Waals surface area (Å²) in [7, 11) is 2.12. The lowest BCUT2D eigenvalue weighted by Gasteiger charge is -2.28. The summed E-state index contributed by atoms with van der Waals surface area (Å²) in [6, 6.07) is 0.314. The maximum absolute atomic E-state index is 9.36. The van der Waals surface area contributed by atoms with E-state index in [9.17, 15) is 5.11 Å². The molecule has 0 aromatic carbocycles. The van der Waals surface area contributed by atoms with E-state index in [0.29, 0.717) is 17.9 Å². The molecule has 0 saturated carbocycles. The third-order valence-electron chi connectivity index (χ3n) is 3.10. The average molecular weight is 214 g/mol. The molecule has 0 aliphatic carbocycles. The number of rotatable bonds is 3. The minimum atomic E-state index is 0.276. The van der Waals surface area contributed by atoms with Gasteiger partial charge in [-0.25, -0.2) is 0 Å². The number of likely N-dealkylation sites (N-methyl/N-ethyl adjacent to an activating group) is 1. The molecule has 1 heterocycles. The van der Waals surface area contributed by atoms with E-state index >= 15 is 0 Å². The number of aliphatic hydroxyl groups is 1. The summed E-state index contributed by atoms with van der Waals surface area (Å²) < 4.78 is 0. The van der Waals surface area contributed by atoms with Crippen LogP contribution < -0.4 is 0 Å². The maximum Gasteiger partial charge on any atom is 0.0599 e. The van der Waals surface area contributed by atoms with Gasteiger partial charge in [0, 0.05) is 32.2 Å². The van der Waals surface area contributed by atoms with Gasteiger partial charge in [-0.1, -0.05) is 20.8 Å². The molecule has 2 unspecified atom stereocenters. The predicted molar refractivity (Wildman–Crippen MR) is 63.9 cm³/mol. The number of nitrogens with zero attached hydrogens (tertiary/aromatic N) is 2. The van der Waals surface area contributed by atoms with Crippen molar-refractivity contribution in [3.8, 4) is 0 Å². The second-order valence-electron chi connectivity index (χ2n) is 5.49. The summed E-state index contributed by atoms with van der Waals surface area (Å²) in [4.78, 5) is 4.80. The van der Waals surface area contributed by atoms with Crippen LogP contribution in [0.25, 0.3) is 0 Å². The van der Waals surface area contributed by atoms with Gasteiger partial charge in [-0.15, -0.1) is 0 Å². The van der Waals surface area contributed by atoms with Gasteiger partial charge < -0.3 is 10.0 Å². The second kappa shape index (κ2) is 5.83. The van der Waals surface area contributed by atoms with E-state index < -0.39 is 0 Å². The summed E-state index contributed by atoms with van der Waals surface area (Å²) in [6.45, 7) is 11.5. The van der Waals surface area contributed by atoms with Crippen LogP contribution in [0.2, 0.25) is 0 Å². The molecular weight excluding hydrogens is 188 g/mol. The van der Waals surface area contributed by atoms with Crippen LogP contribution in [0.4, 0.5) is 0 Å². The van der Waals surface area contributed by atoms with E-state index in [1.807, 2.05) is 0 Å². The molecule has 1 fully saturated rings. The zero-order valence-electron chi connectivity index (χ0n) is 10.6. The number of hydrogen-bond donors (Lipinski definition) is 1. The molecule has 0 bridgehead atoms. The molecule has 0 aromatic heterocycles. The third-order valence-corrected chi connectivity index (χ3v) is 3.10. The van der Waals surface area contributed by atoms with E-state index in [2.05, 4.69) is 37.6 Å². The van der Waals surface area contributed by atoms with Crippen molar-refractivity contribution in [2.45, 2.75) is 26.8 Å². The van der Waals surface area contributed by atoms with E-state index in [0.717, 1.165) is 19.6 Å². The Kier molecular flexibility index (Phi) is 5.03. The van der Waals surface area contributed by atoms with Crippen molar-refractivity contribution in [3.05, 3.63) is 0 Å². The zero-order valence-corrected chi connectivity index (χ0v) is 10.6. The molecule has 0 amide bonds. The van der Waals surface area contributed by atoms with Gasteiger partial charge in [-0.3, -0.25) is 4.90 Å². The Bertz CT molecular complexity index is 184. The first-order chi connectivity index (χ1) is 7.02. The molecule has 1 aliphatic rings. The Morgan fingerprint density at radius 1 is 1.27 bits per heavy atom. The second-order valence-corrected chi connectivity index (χ2v) is 5.49. The minimum Gasteiger partial charge on any atom is -0.395 e. The molecule has 15 heavy (non-hydrogen) atoms. The molecule has 1 N–H and O–H groups in total. The average Bonchev–Trinajstić information content (AvgIpc) is 2.23. The van der Waals surface area contributed by atoms with Gasteiger partial charge in [0.1, 0.15) is 0 Å². The highest BCUT2D eigenvalue weighted by Crippen LogP contribution is 2.13. The smallest absolute Gasteiger partial charge is 0.0599 e. The van der Waals surface area contributed by atoms with E-state index in [1.54, 1.807) is 0 Å². The van der Waals surface area contributed by atoms with E-state index in [1.165, 1.54) is 6.54 Å². The highest BCUT2D eigenvalue weighted by molar-refractivity contribution is 4.80. The summed E-state index contributed by atoms with van der Waals surface area (Å²) in [5, 5.41) is 9.36. The van der Waals surface area contributed by atoms with Crippen molar-refractivity contribution >= 4 is 0 Å². The molecule has 0 radical (unpaired) electrons. The first-order valence-electron chi connectivity index (χ1n) is 6.06. The van der Waals surface area contributed by atoms with Crippen LogP contribution in [0.15, 0.2) is 0 Å². The fourth-order valence-electron chi connectivity index (χ4n) is 2.51. The Morgan fingerprint density at radius 2 is 1.93 bits per heavy atom. The third kappa shape index (κ3) is 4.09. The summed E-state index contributed by atoms with van der Waals surface area (Å²) in [6.07, 6.45) is 0. The molecule has 2 atom stereocenters. The Morgan fingerprint density at radius 3 is 2.47 bits per heavy atom. The molecule has 90 valence electrons. The fourth-order valence-corrected chi connectivity index (χ4v) is 2.51. The molecule has 0 spiro atoms. The van der Waals surface area contributed by atoms with Gasteiger partial charge in [0.15, 0.2) is 0 Å². The monoisotopic (exact) mass is 214 g/mol. The highest BCUT2D eigenvalue weighted by Gasteiger charge is 2.25. The van der Waals surface area contributed by atoms with Gasteiger partial charge in [0.2, 0.25) is 0 Å². The lowest BCUT2D eigenvalue weighted by molar-refractivity contribution is 0.127. The number of hydrogen-bond acceptors (Lipinski definition) is 3. The molecule has 3 heteroatoms. The molecule has 1 saturated heterocycles.